The van der Waals surface area contributed by atoms with Gasteiger partial charge < -0.3 is 9.53 Å². The number of methoxy groups -OCH3 is 1. The molecule has 1 aliphatic carbocycles. The summed E-state index contributed by atoms with van der Waals surface area (Å²) in [5.74, 6) is -0.459. The van der Waals surface area contributed by atoms with E-state index >= 15 is 0 Å². The van der Waals surface area contributed by atoms with Gasteiger partial charge in [-0.1, -0.05) is 12.8 Å². The minimum atomic E-state index is -0.905. The third-order valence-corrected chi connectivity index (χ3v) is 3.29. The van der Waals surface area contributed by atoms with E-state index in [1.807, 2.05) is 0 Å². The van der Waals surface area contributed by atoms with E-state index in [2.05, 4.69) is 0 Å². The van der Waals surface area contributed by atoms with Crippen LogP contribution < -0.4 is 0 Å². The molecule has 1 rings (SSSR count). The predicted octanol–water partition coefficient (Wildman–Crippen LogP) is 1.66. The molecule has 1 saturated carbocycles. The first kappa shape index (κ1) is 12.9. The van der Waals surface area contributed by atoms with Crippen LogP contribution in [0.1, 0.15) is 44.9 Å². The minimum Gasteiger partial charge on any atom is -0.468 e. The Labute approximate surface area is 95.3 Å². The minimum absolute atomic E-state index is 0.0568. The zero-order valence-electron chi connectivity index (χ0n) is 9.66. The van der Waals surface area contributed by atoms with Crippen molar-refractivity contribution in [2.75, 3.05) is 7.11 Å². The Morgan fingerprint density at radius 3 is 2.44 bits per heavy atom. The van der Waals surface area contributed by atoms with Gasteiger partial charge in [-0.2, -0.15) is 0 Å². The van der Waals surface area contributed by atoms with Gasteiger partial charge >= 0.3 is 5.97 Å². The van der Waals surface area contributed by atoms with E-state index in [9.17, 15) is 14.4 Å². The van der Waals surface area contributed by atoms with Gasteiger partial charge in [-0.25, -0.2) is 0 Å². The topological polar surface area (TPSA) is 60.4 Å². The van der Waals surface area contributed by atoms with Crippen LogP contribution in [-0.2, 0) is 19.1 Å². The fourth-order valence-electron chi connectivity index (χ4n) is 2.36. The number of hydrogen-bond acceptors (Lipinski definition) is 4. The molecule has 0 aliphatic heterocycles. The molecule has 4 heteroatoms. The number of carbonyl (C=O) groups excluding carboxylic acids is 3. The van der Waals surface area contributed by atoms with Crippen molar-refractivity contribution in [3.63, 3.8) is 0 Å². The zero-order chi connectivity index (χ0) is 12.0. The van der Waals surface area contributed by atoms with Crippen LogP contribution in [0.5, 0.6) is 0 Å². The number of ketones is 1. The van der Waals surface area contributed by atoms with Gasteiger partial charge in [0.15, 0.2) is 0 Å². The second-order valence-corrected chi connectivity index (χ2v) is 4.26. The van der Waals surface area contributed by atoms with Crippen LogP contribution in [0.15, 0.2) is 0 Å². The summed E-state index contributed by atoms with van der Waals surface area (Å²) in [5, 5.41) is 0. The van der Waals surface area contributed by atoms with Gasteiger partial charge in [-0.15, -0.1) is 0 Å². The number of unbranched alkanes of at least 4 members (excludes halogenated alkanes) is 1. The highest BCUT2D eigenvalue weighted by atomic mass is 16.5. The summed E-state index contributed by atoms with van der Waals surface area (Å²) in [7, 11) is 1.32. The number of Topliss-reactive ketones (excluding diaryl/α,β-unsaturated/α-hetero) is 1. The van der Waals surface area contributed by atoms with Gasteiger partial charge in [-0.05, 0) is 19.3 Å². The summed E-state index contributed by atoms with van der Waals surface area (Å²) in [5.41, 5.74) is -0.905. The summed E-state index contributed by atoms with van der Waals surface area (Å²) in [6.07, 6.45) is 4.99. The summed E-state index contributed by atoms with van der Waals surface area (Å²) >= 11 is 0. The molecule has 1 aliphatic rings. The van der Waals surface area contributed by atoms with E-state index in [0.29, 0.717) is 32.1 Å². The first-order valence-corrected chi connectivity index (χ1v) is 5.73. The Balaban J connectivity index is 2.66. The van der Waals surface area contributed by atoms with E-state index in [0.717, 1.165) is 19.1 Å². The molecule has 0 bridgehead atoms. The monoisotopic (exact) mass is 226 g/mol. The number of ether oxygens (including phenoxy) is 1. The van der Waals surface area contributed by atoms with Crippen molar-refractivity contribution in [3.8, 4) is 0 Å². The molecular weight excluding hydrogens is 208 g/mol. The lowest BCUT2D eigenvalue weighted by molar-refractivity contribution is -0.157. The lowest BCUT2D eigenvalue weighted by atomic mass is 9.79. The van der Waals surface area contributed by atoms with Crippen LogP contribution >= 0.6 is 0 Å². The molecule has 0 aromatic carbocycles. The Hall–Kier alpha value is -1.19. The highest BCUT2D eigenvalue weighted by Crippen LogP contribution is 2.41. The van der Waals surface area contributed by atoms with Gasteiger partial charge in [0.25, 0.3) is 0 Å². The number of esters is 1. The average molecular weight is 226 g/mol. The van der Waals surface area contributed by atoms with Crippen molar-refractivity contribution < 1.29 is 19.1 Å². The number of carbonyl (C=O) groups is 3. The van der Waals surface area contributed by atoms with Crippen molar-refractivity contribution in [3.05, 3.63) is 0 Å². The molecule has 0 spiro atoms. The molecule has 0 radical (unpaired) electrons. The van der Waals surface area contributed by atoms with E-state index in [-0.39, 0.29) is 5.78 Å². The van der Waals surface area contributed by atoms with Crippen LogP contribution in [0.3, 0.4) is 0 Å². The Bertz CT molecular complexity index is 277. The van der Waals surface area contributed by atoms with Crippen molar-refractivity contribution in [2.45, 2.75) is 44.9 Å². The first-order valence-electron chi connectivity index (χ1n) is 5.73. The highest BCUT2D eigenvalue weighted by molar-refractivity contribution is 6.04. The van der Waals surface area contributed by atoms with Gasteiger partial charge in [0, 0.05) is 12.8 Å². The van der Waals surface area contributed by atoms with Crippen LogP contribution in [-0.4, -0.2) is 25.1 Å². The number of hydrogen-bond donors (Lipinski definition) is 0. The Morgan fingerprint density at radius 1 is 1.31 bits per heavy atom. The second-order valence-electron chi connectivity index (χ2n) is 4.26. The lowest BCUT2D eigenvalue weighted by Gasteiger charge is -2.23. The molecule has 1 fully saturated rings. The van der Waals surface area contributed by atoms with Crippen LogP contribution in [0.25, 0.3) is 0 Å². The maximum atomic E-state index is 12.0. The van der Waals surface area contributed by atoms with Gasteiger partial charge in [0.2, 0.25) is 0 Å². The van der Waals surface area contributed by atoms with Crippen LogP contribution in [0, 0.1) is 5.41 Å². The average Bonchev–Trinajstić information content (AvgIpc) is 2.78. The molecule has 0 atom stereocenters. The lowest BCUT2D eigenvalue weighted by Crippen LogP contribution is -2.37. The Morgan fingerprint density at radius 2 is 1.94 bits per heavy atom. The van der Waals surface area contributed by atoms with Gasteiger partial charge in [-0.3, -0.25) is 9.59 Å². The molecule has 16 heavy (non-hydrogen) atoms. The fraction of sp³-hybridized carbons (Fsp3) is 0.750. The molecule has 90 valence electrons. The van der Waals surface area contributed by atoms with Crippen molar-refractivity contribution >= 4 is 18.0 Å². The molecule has 0 aromatic rings. The quantitative estimate of drug-likeness (QED) is 0.299. The van der Waals surface area contributed by atoms with Crippen molar-refractivity contribution in [1.29, 1.82) is 0 Å². The molecule has 0 N–H and O–H groups in total. The van der Waals surface area contributed by atoms with E-state index in [4.69, 9.17) is 4.74 Å². The summed E-state index contributed by atoms with van der Waals surface area (Å²) in [6.45, 7) is 0. The van der Waals surface area contributed by atoms with Crippen LogP contribution in [0.4, 0.5) is 0 Å². The highest BCUT2D eigenvalue weighted by Gasteiger charge is 2.47. The van der Waals surface area contributed by atoms with Crippen LogP contribution in [0.2, 0.25) is 0 Å². The molecule has 4 nitrogen and oxygen atoms in total. The van der Waals surface area contributed by atoms with E-state index in [1.54, 1.807) is 0 Å². The van der Waals surface area contributed by atoms with Crippen molar-refractivity contribution in [2.24, 2.45) is 5.41 Å². The molecule has 0 amide bonds. The Kier molecular flexibility index (Phi) is 4.65. The number of aldehydes is 1. The fourth-order valence-corrected chi connectivity index (χ4v) is 2.36. The normalized spacial score (nSPS) is 18.1. The molecule has 0 saturated heterocycles. The first-order chi connectivity index (χ1) is 7.67. The zero-order valence-corrected chi connectivity index (χ0v) is 9.66. The SMILES string of the molecule is COC(=O)C1(C(=O)CCCC=O)CCCC1. The van der Waals surface area contributed by atoms with Gasteiger partial charge in [0.05, 0.1) is 7.11 Å². The largest absolute Gasteiger partial charge is 0.468 e. The predicted molar refractivity (Wildman–Crippen MR) is 57.8 cm³/mol. The summed E-state index contributed by atoms with van der Waals surface area (Å²) < 4.78 is 4.74. The standard InChI is InChI=1S/C12H18O4/c1-16-11(15)12(7-3-4-8-12)10(14)6-2-5-9-13/h9H,2-8H2,1H3. The maximum absolute atomic E-state index is 12.0. The van der Waals surface area contributed by atoms with E-state index in [1.165, 1.54) is 7.11 Å². The van der Waals surface area contributed by atoms with Crippen molar-refractivity contribution in [1.82, 2.24) is 0 Å². The van der Waals surface area contributed by atoms with E-state index < -0.39 is 11.4 Å². The third-order valence-electron chi connectivity index (χ3n) is 3.29. The third kappa shape index (κ3) is 2.49. The molecule has 0 unspecified atom stereocenters. The second kappa shape index (κ2) is 5.77. The molecular formula is C12H18O4. The maximum Gasteiger partial charge on any atom is 0.319 e. The number of rotatable bonds is 6. The summed E-state index contributed by atoms with van der Waals surface area (Å²) in [6, 6.07) is 0. The summed E-state index contributed by atoms with van der Waals surface area (Å²) in [4.78, 5) is 33.9. The molecule has 0 heterocycles. The van der Waals surface area contributed by atoms with Gasteiger partial charge in [0.1, 0.15) is 17.5 Å². The molecule has 0 aromatic heterocycles. The smallest absolute Gasteiger partial charge is 0.319 e.